The number of carbonyl (C=O) groups is 4. The number of ether oxygens (including phenoxy) is 3. The van der Waals surface area contributed by atoms with Gasteiger partial charge < -0.3 is 44.6 Å². The molecule has 3 aromatic heterocycles. The first-order valence-electron chi connectivity index (χ1n) is 23.1. The van der Waals surface area contributed by atoms with E-state index in [-0.39, 0.29) is 29.8 Å². The van der Waals surface area contributed by atoms with Gasteiger partial charge in [0.05, 0.1) is 48.5 Å². The molecule has 3 aliphatic heterocycles. The standard InChI is InChI=1S/C51H57N9O7/c1-51(2,3)67-50(64)58-43(33-10-6-5-7-11-33)47(61)59-22-8-12-41(59)45-53-29-39(55-45)32-16-14-31(15-17-32)35-18-19-36-26-37(28-52-38(36)27-35)40-30-54-46(56-40)42-13-9-23-60(42)48(62)44(57-49(63)65-4)34-20-24-66-25-21-34/h5-7,10-11,14-19,26-30,34,41-44H,8-9,12-13,20-25H2,1-4H3,(H,53,55)(H,54,56)(H,57,63)(H,58,64). The Morgan fingerprint density at radius 3 is 1.94 bits per heavy atom. The molecule has 3 fully saturated rings. The number of benzene rings is 3. The number of nitrogens with one attached hydrogen (secondary N) is 4. The van der Waals surface area contributed by atoms with Crippen LogP contribution in [0.1, 0.15) is 94.6 Å². The number of fused-ring (bicyclic) bond motifs is 1. The van der Waals surface area contributed by atoms with Gasteiger partial charge in [0.1, 0.15) is 29.3 Å². The van der Waals surface area contributed by atoms with Crippen molar-refractivity contribution in [3.8, 4) is 33.6 Å². The SMILES string of the molecule is COC(=O)NC(C(=O)N1CCCC1c1ncc(-c2cnc3cc(-c4ccc(-c5cnc(C6CCCN6C(=O)C(NC(=O)OC(C)(C)C)c6ccccc6)[nH]5)cc4)ccc3c2)[nH]1)C1CCOCC1. The van der Waals surface area contributed by atoms with Crippen molar-refractivity contribution >= 4 is 34.9 Å². The van der Waals surface area contributed by atoms with Crippen molar-refractivity contribution in [2.24, 2.45) is 5.92 Å². The summed E-state index contributed by atoms with van der Waals surface area (Å²) in [6, 6.07) is 23.7. The van der Waals surface area contributed by atoms with Crippen LogP contribution < -0.4 is 10.6 Å². The van der Waals surface area contributed by atoms with Crippen molar-refractivity contribution in [2.45, 2.75) is 89.1 Å². The van der Waals surface area contributed by atoms with Gasteiger partial charge in [0.2, 0.25) is 5.91 Å². The summed E-state index contributed by atoms with van der Waals surface area (Å²) in [4.78, 5) is 78.3. The van der Waals surface area contributed by atoms with E-state index in [1.165, 1.54) is 7.11 Å². The van der Waals surface area contributed by atoms with E-state index in [2.05, 4.69) is 69.1 Å². The zero-order valence-corrected chi connectivity index (χ0v) is 38.3. The molecule has 16 heteroatoms. The molecule has 6 aromatic rings. The number of imidazole rings is 2. The molecule has 3 aromatic carbocycles. The molecule has 0 aliphatic carbocycles. The summed E-state index contributed by atoms with van der Waals surface area (Å²) in [7, 11) is 1.30. The van der Waals surface area contributed by atoms with E-state index < -0.39 is 29.9 Å². The highest BCUT2D eigenvalue weighted by molar-refractivity contribution is 5.89. The monoisotopic (exact) mass is 907 g/mol. The minimum Gasteiger partial charge on any atom is -0.453 e. The number of methoxy groups -OCH3 is 1. The number of likely N-dealkylation sites (tertiary alicyclic amines) is 2. The number of nitrogens with zero attached hydrogens (tertiary/aromatic N) is 5. The molecular formula is C51H57N9O7. The van der Waals surface area contributed by atoms with Gasteiger partial charge in [-0.05, 0) is 99.6 Å². The number of carbonyl (C=O) groups excluding carboxylic acids is 4. The van der Waals surface area contributed by atoms with Gasteiger partial charge >= 0.3 is 12.2 Å². The summed E-state index contributed by atoms with van der Waals surface area (Å²) in [5.74, 6) is 1.01. The largest absolute Gasteiger partial charge is 0.453 e. The highest BCUT2D eigenvalue weighted by atomic mass is 16.6. The second kappa shape index (κ2) is 19.4. The van der Waals surface area contributed by atoms with Crippen LogP contribution in [0.3, 0.4) is 0 Å². The highest BCUT2D eigenvalue weighted by Crippen LogP contribution is 2.37. The lowest BCUT2D eigenvalue weighted by Gasteiger charge is -2.34. The van der Waals surface area contributed by atoms with Crippen LogP contribution in [0.15, 0.2) is 97.5 Å². The van der Waals surface area contributed by atoms with Crippen LogP contribution in [0.25, 0.3) is 44.5 Å². The highest BCUT2D eigenvalue weighted by Gasteiger charge is 2.41. The van der Waals surface area contributed by atoms with Gasteiger partial charge in [0.25, 0.3) is 5.91 Å². The predicted molar refractivity (Wildman–Crippen MR) is 251 cm³/mol. The van der Waals surface area contributed by atoms with E-state index in [0.717, 1.165) is 70.2 Å². The molecule has 16 nitrogen and oxygen atoms in total. The number of alkyl carbamates (subject to hydrolysis) is 2. The topological polar surface area (TPSA) is 197 Å². The summed E-state index contributed by atoms with van der Waals surface area (Å²) in [5.41, 5.74) is 6.34. The number of rotatable bonds is 11. The second-order valence-electron chi connectivity index (χ2n) is 18.5. The average Bonchev–Trinajstić information content (AvgIpc) is 4.20. The first kappa shape index (κ1) is 45.1. The molecule has 0 spiro atoms. The quantitative estimate of drug-likeness (QED) is 0.0980. The van der Waals surface area contributed by atoms with Crippen molar-refractivity contribution in [1.29, 1.82) is 0 Å². The van der Waals surface area contributed by atoms with Gasteiger partial charge in [0.15, 0.2) is 0 Å². The Hall–Kier alpha value is -7.07. The third kappa shape index (κ3) is 10.0. The van der Waals surface area contributed by atoms with Crippen molar-refractivity contribution in [3.63, 3.8) is 0 Å². The van der Waals surface area contributed by atoms with Gasteiger partial charge in [-0.1, -0.05) is 66.7 Å². The summed E-state index contributed by atoms with van der Waals surface area (Å²) in [5, 5.41) is 6.61. The van der Waals surface area contributed by atoms with Crippen molar-refractivity contribution in [3.05, 3.63) is 115 Å². The number of amides is 4. The van der Waals surface area contributed by atoms with E-state index in [1.54, 1.807) is 38.1 Å². The molecule has 6 heterocycles. The molecule has 4 N–H and O–H groups in total. The van der Waals surface area contributed by atoms with Crippen LogP contribution in [0.2, 0.25) is 0 Å². The summed E-state index contributed by atoms with van der Waals surface area (Å²) in [6.07, 6.45) is 8.66. The molecule has 9 rings (SSSR count). The molecule has 348 valence electrons. The fraction of sp³-hybridized carbons (Fsp3) is 0.392. The minimum atomic E-state index is -0.912. The van der Waals surface area contributed by atoms with Gasteiger partial charge in [0, 0.05) is 43.4 Å². The van der Waals surface area contributed by atoms with Crippen molar-refractivity contribution in [1.82, 2.24) is 45.4 Å². The Morgan fingerprint density at radius 2 is 1.30 bits per heavy atom. The first-order chi connectivity index (χ1) is 32.4. The van der Waals surface area contributed by atoms with E-state index in [4.69, 9.17) is 29.2 Å². The fourth-order valence-electron chi connectivity index (χ4n) is 9.54. The van der Waals surface area contributed by atoms with Crippen molar-refractivity contribution in [2.75, 3.05) is 33.4 Å². The summed E-state index contributed by atoms with van der Waals surface area (Å²) >= 11 is 0. The number of hydrogen-bond donors (Lipinski definition) is 4. The Morgan fingerprint density at radius 1 is 0.687 bits per heavy atom. The molecular weight excluding hydrogens is 851 g/mol. The van der Waals surface area contributed by atoms with Crippen molar-refractivity contribution < 1.29 is 33.4 Å². The Balaban J connectivity index is 0.864. The predicted octanol–water partition coefficient (Wildman–Crippen LogP) is 8.43. The Bertz CT molecular complexity index is 2720. The third-order valence-corrected chi connectivity index (χ3v) is 12.9. The third-order valence-electron chi connectivity index (χ3n) is 12.9. The first-order valence-corrected chi connectivity index (χ1v) is 23.1. The van der Waals surface area contributed by atoms with E-state index in [1.807, 2.05) is 41.4 Å². The fourth-order valence-corrected chi connectivity index (χ4v) is 9.54. The van der Waals surface area contributed by atoms with E-state index >= 15 is 0 Å². The minimum absolute atomic E-state index is 0.0401. The molecule has 4 amide bonds. The molecule has 3 saturated heterocycles. The lowest BCUT2D eigenvalue weighted by Crippen LogP contribution is -2.53. The molecule has 67 heavy (non-hydrogen) atoms. The number of aromatic nitrogens is 5. The molecule has 0 radical (unpaired) electrons. The van der Waals surface area contributed by atoms with Gasteiger partial charge in [-0.25, -0.2) is 19.6 Å². The number of H-pyrrole nitrogens is 2. The maximum absolute atomic E-state index is 14.2. The molecule has 0 bridgehead atoms. The normalized spacial score (nSPS) is 18.7. The maximum Gasteiger partial charge on any atom is 0.408 e. The van der Waals surface area contributed by atoms with Gasteiger partial charge in [-0.2, -0.15) is 0 Å². The lowest BCUT2D eigenvalue weighted by atomic mass is 9.90. The molecule has 4 atom stereocenters. The number of hydrogen-bond acceptors (Lipinski definition) is 10. The lowest BCUT2D eigenvalue weighted by molar-refractivity contribution is -0.137. The zero-order chi connectivity index (χ0) is 46.7. The molecule has 0 saturated carbocycles. The summed E-state index contributed by atoms with van der Waals surface area (Å²) in [6.45, 7) is 7.59. The molecule has 4 unspecified atom stereocenters. The van der Waals surface area contributed by atoms with E-state index in [0.29, 0.717) is 56.4 Å². The number of aromatic amines is 2. The Kier molecular flexibility index (Phi) is 13.1. The van der Waals surface area contributed by atoms with Crippen LogP contribution >= 0.6 is 0 Å². The average molecular weight is 908 g/mol. The van der Waals surface area contributed by atoms with Gasteiger partial charge in [-0.3, -0.25) is 14.6 Å². The summed E-state index contributed by atoms with van der Waals surface area (Å²) < 4.78 is 15.9. The van der Waals surface area contributed by atoms with Crippen LogP contribution in [0, 0.1) is 5.92 Å². The van der Waals surface area contributed by atoms with Crippen LogP contribution in [-0.2, 0) is 23.8 Å². The second-order valence-corrected chi connectivity index (χ2v) is 18.5. The maximum atomic E-state index is 14.2. The van der Waals surface area contributed by atoms with Crippen LogP contribution in [-0.4, -0.2) is 104 Å². The number of pyridine rings is 1. The smallest absolute Gasteiger partial charge is 0.408 e. The Labute approximate surface area is 389 Å². The molecule has 3 aliphatic rings. The van der Waals surface area contributed by atoms with Gasteiger partial charge in [-0.15, -0.1) is 0 Å². The van der Waals surface area contributed by atoms with Crippen LogP contribution in [0.5, 0.6) is 0 Å². The van der Waals surface area contributed by atoms with E-state index in [9.17, 15) is 19.2 Å². The van der Waals surface area contributed by atoms with Crippen LogP contribution in [0.4, 0.5) is 9.59 Å². The zero-order valence-electron chi connectivity index (χ0n) is 38.3.